The Morgan fingerprint density at radius 2 is 1.81 bits per heavy atom. The summed E-state index contributed by atoms with van der Waals surface area (Å²) in [5.74, 6) is -2.89. The molecule has 0 radical (unpaired) electrons. The highest BCUT2D eigenvalue weighted by Gasteiger charge is 2.39. The van der Waals surface area contributed by atoms with E-state index in [9.17, 15) is 26.7 Å². The fourth-order valence-corrected chi connectivity index (χ4v) is 2.98. The Morgan fingerprint density at radius 3 is 2.38 bits per heavy atom. The van der Waals surface area contributed by atoms with Crippen LogP contribution < -0.4 is 5.73 Å². The summed E-state index contributed by atoms with van der Waals surface area (Å²) in [5, 5.41) is 6.65. The first-order valence-corrected chi connectivity index (χ1v) is 10.5. The van der Waals surface area contributed by atoms with E-state index in [-0.39, 0.29) is 49.8 Å². The molecule has 0 spiro atoms. The standard InChI is InChI=1S/C16H16F5N5O.H3O4P/c17-10-2-1-9(12(18)6-10)5-11(22)7-14(27)25-3-4-26-13(8-25)23-24-15(26)16(19,20)21;1-5(2,3)4/h1-2,6,11H,3-5,7-8,22H2;(H3,1,2,3,4)/t11-;/m1./s1. The molecular weight excluding hydrogens is 468 g/mol. The van der Waals surface area contributed by atoms with E-state index < -0.39 is 37.5 Å². The normalized spacial score (nSPS) is 15.0. The fraction of sp³-hybridized carbons (Fsp3) is 0.438. The van der Waals surface area contributed by atoms with E-state index in [0.717, 1.165) is 16.7 Å². The van der Waals surface area contributed by atoms with Gasteiger partial charge in [0.1, 0.15) is 11.6 Å². The molecule has 2 aromatic rings. The van der Waals surface area contributed by atoms with E-state index in [1.54, 1.807) is 0 Å². The smallest absolute Gasteiger partial charge is 0.333 e. The van der Waals surface area contributed by atoms with E-state index in [1.165, 1.54) is 11.0 Å². The van der Waals surface area contributed by atoms with Gasteiger partial charge >= 0.3 is 14.0 Å². The van der Waals surface area contributed by atoms with Gasteiger partial charge in [0.15, 0.2) is 5.82 Å². The Labute approximate surface area is 177 Å². The van der Waals surface area contributed by atoms with E-state index >= 15 is 0 Å². The molecule has 0 saturated heterocycles. The van der Waals surface area contributed by atoms with Crippen LogP contribution >= 0.6 is 7.82 Å². The molecule has 1 amide bonds. The zero-order valence-electron chi connectivity index (χ0n) is 16.2. The minimum atomic E-state index is -4.64. The zero-order valence-corrected chi connectivity index (χ0v) is 17.1. The van der Waals surface area contributed by atoms with Gasteiger partial charge in [-0.25, -0.2) is 13.3 Å². The number of nitrogens with two attached hydrogens (primary N) is 1. The first-order valence-electron chi connectivity index (χ1n) is 8.90. The number of nitrogens with zero attached hydrogens (tertiary/aromatic N) is 4. The monoisotopic (exact) mass is 487 g/mol. The number of hydrogen-bond donors (Lipinski definition) is 4. The molecule has 178 valence electrons. The van der Waals surface area contributed by atoms with Crippen LogP contribution in [0.5, 0.6) is 0 Å². The number of rotatable bonds is 4. The quantitative estimate of drug-likeness (QED) is 0.367. The van der Waals surface area contributed by atoms with Crippen LogP contribution in [-0.4, -0.2) is 52.8 Å². The Morgan fingerprint density at radius 1 is 1.19 bits per heavy atom. The number of benzene rings is 1. The number of alkyl halides is 3. The maximum absolute atomic E-state index is 13.7. The molecule has 2 heterocycles. The molecule has 16 heteroatoms. The Bertz CT molecular complexity index is 1000. The number of amides is 1. The number of fused-ring (bicyclic) bond motifs is 1. The number of carbonyl (C=O) groups is 1. The van der Waals surface area contributed by atoms with Crippen LogP contribution in [0.25, 0.3) is 0 Å². The van der Waals surface area contributed by atoms with Crippen molar-refractivity contribution in [3.63, 3.8) is 0 Å². The van der Waals surface area contributed by atoms with Gasteiger partial charge in [-0.1, -0.05) is 6.07 Å². The van der Waals surface area contributed by atoms with Crippen molar-refractivity contribution < 1.29 is 46.0 Å². The molecule has 10 nitrogen and oxygen atoms in total. The van der Waals surface area contributed by atoms with Crippen LogP contribution in [-0.2, 0) is 35.0 Å². The highest BCUT2D eigenvalue weighted by atomic mass is 31.2. The van der Waals surface area contributed by atoms with Gasteiger partial charge in [0.25, 0.3) is 0 Å². The summed E-state index contributed by atoms with van der Waals surface area (Å²) in [6, 6.07) is 2.38. The topological polar surface area (TPSA) is 155 Å². The molecule has 0 bridgehead atoms. The molecule has 1 atom stereocenters. The number of phosphoric acid groups is 1. The lowest BCUT2D eigenvalue weighted by molar-refractivity contribution is -0.148. The lowest BCUT2D eigenvalue weighted by atomic mass is 10.0. The third kappa shape index (κ3) is 7.60. The number of hydrogen-bond acceptors (Lipinski definition) is 5. The predicted molar refractivity (Wildman–Crippen MR) is 97.4 cm³/mol. The molecule has 1 aliphatic heterocycles. The molecule has 3 rings (SSSR count). The van der Waals surface area contributed by atoms with E-state index in [4.69, 9.17) is 25.0 Å². The van der Waals surface area contributed by atoms with Gasteiger partial charge < -0.3 is 29.9 Å². The van der Waals surface area contributed by atoms with Crippen LogP contribution in [0.15, 0.2) is 18.2 Å². The minimum absolute atomic E-state index is 0.0279. The third-order valence-electron chi connectivity index (χ3n) is 4.29. The number of carbonyl (C=O) groups excluding carboxylic acids is 1. The van der Waals surface area contributed by atoms with Crippen molar-refractivity contribution in [3.05, 3.63) is 47.0 Å². The van der Waals surface area contributed by atoms with Crippen molar-refractivity contribution in [2.24, 2.45) is 5.73 Å². The average Bonchev–Trinajstić information content (AvgIpc) is 3.06. The van der Waals surface area contributed by atoms with Crippen LogP contribution in [0.4, 0.5) is 22.0 Å². The summed E-state index contributed by atoms with van der Waals surface area (Å²) in [5.41, 5.74) is 6.07. The maximum Gasteiger partial charge on any atom is 0.466 e. The van der Waals surface area contributed by atoms with Gasteiger partial charge in [0.05, 0.1) is 6.54 Å². The molecule has 0 saturated carbocycles. The Kier molecular flexibility index (Phi) is 8.07. The van der Waals surface area contributed by atoms with Gasteiger partial charge in [-0.2, -0.15) is 13.2 Å². The summed E-state index contributed by atoms with van der Waals surface area (Å²) >= 11 is 0. The molecular formula is C16H19F5N5O5P. The van der Waals surface area contributed by atoms with Crippen molar-refractivity contribution in [2.75, 3.05) is 6.54 Å². The van der Waals surface area contributed by atoms with Crippen LogP contribution in [0.3, 0.4) is 0 Å². The molecule has 0 fully saturated rings. The van der Waals surface area contributed by atoms with Gasteiger partial charge in [-0.05, 0) is 18.1 Å². The highest BCUT2D eigenvalue weighted by Crippen LogP contribution is 2.29. The maximum atomic E-state index is 13.7. The van der Waals surface area contributed by atoms with E-state index in [2.05, 4.69) is 10.2 Å². The summed E-state index contributed by atoms with van der Waals surface area (Å²) in [7, 11) is -4.64. The first kappa shape index (κ1) is 25.8. The second kappa shape index (κ2) is 10.0. The fourth-order valence-electron chi connectivity index (χ4n) is 2.98. The van der Waals surface area contributed by atoms with Crippen molar-refractivity contribution in [2.45, 2.75) is 38.1 Å². The van der Waals surface area contributed by atoms with Gasteiger partial charge in [0.2, 0.25) is 11.7 Å². The van der Waals surface area contributed by atoms with Crippen LogP contribution in [0.2, 0.25) is 0 Å². The van der Waals surface area contributed by atoms with Gasteiger partial charge in [-0.3, -0.25) is 4.79 Å². The van der Waals surface area contributed by atoms with Crippen molar-refractivity contribution in [1.29, 1.82) is 0 Å². The molecule has 32 heavy (non-hydrogen) atoms. The number of halogens is 5. The molecule has 5 N–H and O–H groups in total. The number of aromatic nitrogens is 3. The largest absolute Gasteiger partial charge is 0.466 e. The minimum Gasteiger partial charge on any atom is -0.333 e. The second-order valence-corrected chi connectivity index (χ2v) is 7.85. The van der Waals surface area contributed by atoms with Gasteiger partial charge in [-0.15, -0.1) is 10.2 Å². The lowest BCUT2D eigenvalue weighted by Gasteiger charge is -2.29. The third-order valence-corrected chi connectivity index (χ3v) is 4.29. The summed E-state index contributed by atoms with van der Waals surface area (Å²) in [4.78, 5) is 35.3. The Balaban J connectivity index is 0.000000654. The van der Waals surface area contributed by atoms with E-state index in [0.29, 0.717) is 0 Å². The average molecular weight is 487 g/mol. The highest BCUT2D eigenvalue weighted by molar-refractivity contribution is 7.45. The molecule has 1 aliphatic rings. The summed E-state index contributed by atoms with van der Waals surface area (Å²) in [6.07, 6.45) is -4.71. The first-order chi connectivity index (χ1) is 14.6. The van der Waals surface area contributed by atoms with Crippen LogP contribution in [0, 0.1) is 11.6 Å². The van der Waals surface area contributed by atoms with Crippen molar-refractivity contribution in [3.8, 4) is 0 Å². The predicted octanol–water partition coefficient (Wildman–Crippen LogP) is 0.949. The van der Waals surface area contributed by atoms with Crippen molar-refractivity contribution >= 4 is 13.7 Å². The molecule has 0 unspecified atom stereocenters. The summed E-state index contributed by atoms with van der Waals surface area (Å²) < 4.78 is 74.9. The summed E-state index contributed by atoms with van der Waals surface area (Å²) in [6.45, 7) is -0.130. The SMILES string of the molecule is N[C@@H](CC(=O)N1CCn2c(nnc2C(F)(F)F)C1)Cc1ccc(F)cc1F.O=P(O)(O)O. The Hall–Kier alpha value is -2.45. The molecule has 1 aromatic carbocycles. The van der Waals surface area contributed by atoms with Gasteiger partial charge in [0, 0.05) is 31.6 Å². The van der Waals surface area contributed by atoms with Crippen LogP contribution in [0.1, 0.15) is 23.6 Å². The lowest BCUT2D eigenvalue weighted by Crippen LogP contribution is -2.42. The van der Waals surface area contributed by atoms with E-state index in [1.807, 2.05) is 0 Å². The van der Waals surface area contributed by atoms with Crippen molar-refractivity contribution in [1.82, 2.24) is 19.7 Å². The molecule has 1 aromatic heterocycles. The second-order valence-electron chi connectivity index (χ2n) is 6.82. The molecule has 0 aliphatic carbocycles. The zero-order chi connectivity index (χ0) is 24.3.